The number of hydrogen-bond donors (Lipinski definition) is 1. The van der Waals surface area contributed by atoms with E-state index in [1.807, 2.05) is 11.3 Å². The summed E-state index contributed by atoms with van der Waals surface area (Å²) < 4.78 is 0. The molecule has 1 N–H and O–H groups in total. The summed E-state index contributed by atoms with van der Waals surface area (Å²) in [6, 6.07) is 4.42. The SMILES string of the molecule is CC(=O)N1CCN(Cc2ccc(CC(C)C)s2)CC(O)C1. The Kier molecular flexibility index (Phi) is 5.79. The van der Waals surface area contributed by atoms with E-state index in [0.29, 0.717) is 25.6 Å². The number of hydrogen-bond acceptors (Lipinski definition) is 4. The van der Waals surface area contributed by atoms with Crippen molar-refractivity contribution < 1.29 is 9.90 Å². The van der Waals surface area contributed by atoms with E-state index in [-0.39, 0.29) is 5.91 Å². The highest BCUT2D eigenvalue weighted by atomic mass is 32.1. The first-order valence-electron chi connectivity index (χ1n) is 7.67. The first kappa shape index (κ1) is 16.5. The maximum Gasteiger partial charge on any atom is 0.219 e. The molecule has 1 aliphatic rings. The summed E-state index contributed by atoms with van der Waals surface area (Å²) in [6.07, 6.45) is 0.678. The minimum absolute atomic E-state index is 0.0474. The quantitative estimate of drug-likeness (QED) is 0.925. The zero-order valence-electron chi connectivity index (χ0n) is 13.2. The van der Waals surface area contributed by atoms with Crippen molar-refractivity contribution in [3.05, 3.63) is 21.9 Å². The third-order valence-corrected chi connectivity index (χ3v) is 4.83. The molecule has 0 saturated carbocycles. The molecule has 118 valence electrons. The molecular weight excluding hydrogens is 284 g/mol. The zero-order valence-corrected chi connectivity index (χ0v) is 14.0. The van der Waals surface area contributed by atoms with Crippen LogP contribution in [0, 0.1) is 5.92 Å². The van der Waals surface area contributed by atoms with Crippen molar-refractivity contribution in [3.8, 4) is 0 Å². The molecule has 0 bridgehead atoms. The predicted octanol–water partition coefficient (Wildman–Crippen LogP) is 1.97. The van der Waals surface area contributed by atoms with Gasteiger partial charge in [-0.2, -0.15) is 0 Å². The third kappa shape index (κ3) is 5.09. The Labute approximate surface area is 131 Å². The Morgan fingerprint density at radius 1 is 1.33 bits per heavy atom. The molecule has 0 aliphatic carbocycles. The number of aliphatic hydroxyl groups excluding tert-OH is 1. The van der Waals surface area contributed by atoms with Gasteiger partial charge in [-0.05, 0) is 24.5 Å². The Hall–Kier alpha value is -0.910. The van der Waals surface area contributed by atoms with Gasteiger partial charge in [0.1, 0.15) is 0 Å². The molecule has 0 spiro atoms. The summed E-state index contributed by atoms with van der Waals surface area (Å²) in [6.45, 7) is 9.54. The number of amides is 1. The lowest BCUT2D eigenvalue weighted by Crippen LogP contribution is -2.36. The van der Waals surface area contributed by atoms with E-state index in [1.165, 1.54) is 9.75 Å². The molecule has 1 fully saturated rings. The smallest absolute Gasteiger partial charge is 0.219 e. The molecule has 1 atom stereocenters. The Morgan fingerprint density at radius 3 is 2.71 bits per heavy atom. The topological polar surface area (TPSA) is 43.8 Å². The lowest BCUT2D eigenvalue weighted by Gasteiger charge is -2.20. The van der Waals surface area contributed by atoms with Gasteiger partial charge >= 0.3 is 0 Å². The van der Waals surface area contributed by atoms with Crippen molar-refractivity contribution in [2.24, 2.45) is 5.92 Å². The van der Waals surface area contributed by atoms with Crippen LogP contribution in [0.2, 0.25) is 0 Å². The van der Waals surface area contributed by atoms with Crippen LogP contribution in [0.15, 0.2) is 12.1 Å². The van der Waals surface area contributed by atoms with E-state index >= 15 is 0 Å². The van der Waals surface area contributed by atoms with E-state index in [9.17, 15) is 9.90 Å². The number of carbonyl (C=O) groups is 1. The first-order chi connectivity index (χ1) is 9.94. The van der Waals surface area contributed by atoms with Crippen LogP contribution in [0.1, 0.15) is 30.5 Å². The molecular formula is C16H26N2O2S. The van der Waals surface area contributed by atoms with Crippen LogP contribution in [0.3, 0.4) is 0 Å². The molecule has 2 rings (SSSR count). The summed E-state index contributed by atoms with van der Waals surface area (Å²) in [4.78, 5) is 18.2. The van der Waals surface area contributed by atoms with E-state index in [4.69, 9.17) is 0 Å². The maximum absolute atomic E-state index is 11.5. The van der Waals surface area contributed by atoms with Crippen molar-refractivity contribution in [2.75, 3.05) is 26.2 Å². The Bertz CT molecular complexity index is 473. The molecule has 0 aromatic carbocycles. The minimum atomic E-state index is -0.452. The van der Waals surface area contributed by atoms with Crippen LogP contribution in [0.25, 0.3) is 0 Å². The molecule has 4 nitrogen and oxygen atoms in total. The molecule has 5 heteroatoms. The van der Waals surface area contributed by atoms with Crippen LogP contribution in [0.5, 0.6) is 0 Å². The van der Waals surface area contributed by atoms with Crippen molar-refractivity contribution >= 4 is 17.2 Å². The fraction of sp³-hybridized carbons (Fsp3) is 0.688. The van der Waals surface area contributed by atoms with E-state index in [0.717, 1.165) is 19.5 Å². The maximum atomic E-state index is 11.5. The van der Waals surface area contributed by atoms with Crippen LogP contribution in [-0.4, -0.2) is 53.1 Å². The molecule has 1 amide bonds. The fourth-order valence-electron chi connectivity index (χ4n) is 2.72. The summed E-state index contributed by atoms with van der Waals surface area (Å²) >= 11 is 1.87. The Morgan fingerprint density at radius 2 is 2.05 bits per heavy atom. The van der Waals surface area contributed by atoms with E-state index in [1.54, 1.807) is 11.8 Å². The second-order valence-corrected chi connectivity index (χ2v) is 7.57. The number of rotatable bonds is 4. The fourth-order valence-corrected chi connectivity index (χ4v) is 4.00. The van der Waals surface area contributed by atoms with E-state index < -0.39 is 6.10 Å². The third-order valence-electron chi connectivity index (χ3n) is 3.74. The first-order valence-corrected chi connectivity index (χ1v) is 8.49. The van der Waals surface area contributed by atoms with Gasteiger partial charge < -0.3 is 10.0 Å². The van der Waals surface area contributed by atoms with Gasteiger partial charge in [-0.3, -0.25) is 9.69 Å². The van der Waals surface area contributed by atoms with E-state index in [2.05, 4.69) is 30.9 Å². The second kappa shape index (κ2) is 7.38. The molecule has 1 aromatic heterocycles. The second-order valence-electron chi connectivity index (χ2n) is 6.32. The van der Waals surface area contributed by atoms with Crippen LogP contribution >= 0.6 is 11.3 Å². The molecule has 1 unspecified atom stereocenters. The summed E-state index contributed by atoms with van der Waals surface area (Å²) in [5, 5.41) is 10.0. The standard InChI is InChI=1S/C16H26N2O2S/c1-12(2)8-15-4-5-16(21-15)11-17-6-7-18(13(3)19)10-14(20)9-17/h4-5,12,14,20H,6-11H2,1-3H3. The molecule has 21 heavy (non-hydrogen) atoms. The largest absolute Gasteiger partial charge is 0.390 e. The average molecular weight is 310 g/mol. The van der Waals surface area contributed by atoms with Gasteiger partial charge in [0.25, 0.3) is 0 Å². The molecule has 1 aliphatic heterocycles. The lowest BCUT2D eigenvalue weighted by molar-refractivity contribution is -0.129. The van der Waals surface area contributed by atoms with Gasteiger partial charge in [-0.15, -0.1) is 11.3 Å². The predicted molar refractivity (Wildman–Crippen MR) is 86.4 cm³/mol. The number of β-amino-alcohol motifs (C(OH)–C–C–N with tert-alkyl or cyclic N) is 1. The van der Waals surface area contributed by atoms with Crippen molar-refractivity contribution in [2.45, 2.75) is 39.8 Å². The number of nitrogens with zero attached hydrogens (tertiary/aromatic N) is 2. The highest BCUT2D eigenvalue weighted by molar-refractivity contribution is 7.11. The monoisotopic (exact) mass is 310 g/mol. The number of thiophene rings is 1. The average Bonchev–Trinajstić information content (AvgIpc) is 2.70. The van der Waals surface area contributed by atoms with Gasteiger partial charge in [-0.1, -0.05) is 13.8 Å². The number of carbonyl (C=O) groups excluding carboxylic acids is 1. The summed E-state index contributed by atoms with van der Waals surface area (Å²) in [5.41, 5.74) is 0. The molecule has 2 heterocycles. The molecule has 1 saturated heterocycles. The normalized spacial score (nSPS) is 20.8. The highest BCUT2D eigenvalue weighted by Gasteiger charge is 2.22. The van der Waals surface area contributed by atoms with Gasteiger partial charge in [-0.25, -0.2) is 0 Å². The number of aliphatic hydroxyl groups is 1. The van der Waals surface area contributed by atoms with Crippen LogP contribution in [-0.2, 0) is 17.8 Å². The van der Waals surface area contributed by atoms with Gasteiger partial charge in [0, 0.05) is 49.4 Å². The highest BCUT2D eigenvalue weighted by Crippen LogP contribution is 2.21. The zero-order chi connectivity index (χ0) is 15.4. The van der Waals surface area contributed by atoms with Crippen molar-refractivity contribution in [3.63, 3.8) is 0 Å². The van der Waals surface area contributed by atoms with Crippen molar-refractivity contribution in [1.29, 1.82) is 0 Å². The molecule has 0 radical (unpaired) electrons. The van der Waals surface area contributed by atoms with Crippen LogP contribution in [0.4, 0.5) is 0 Å². The Balaban J connectivity index is 1.93. The summed E-state index contributed by atoms with van der Waals surface area (Å²) in [7, 11) is 0. The van der Waals surface area contributed by atoms with Crippen LogP contribution < -0.4 is 0 Å². The van der Waals surface area contributed by atoms with Crippen molar-refractivity contribution in [1.82, 2.24) is 9.80 Å². The van der Waals surface area contributed by atoms with Gasteiger partial charge in [0.15, 0.2) is 0 Å². The summed E-state index contributed by atoms with van der Waals surface area (Å²) in [5.74, 6) is 0.729. The lowest BCUT2D eigenvalue weighted by atomic mass is 10.1. The molecule has 1 aromatic rings. The minimum Gasteiger partial charge on any atom is -0.390 e. The van der Waals surface area contributed by atoms with Gasteiger partial charge in [0.05, 0.1) is 6.10 Å². The van der Waals surface area contributed by atoms with Gasteiger partial charge in [0.2, 0.25) is 5.91 Å².